The van der Waals surface area contributed by atoms with Crippen LogP contribution in [0.3, 0.4) is 0 Å². The Morgan fingerprint density at radius 3 is 2.35 bits per heavy atom. The van der Waals surface area contributed by atoms with Crippen LogP contribution in [0.1, 0.15) is 87.1 Å². The molecule has 302 valence electrons. The van der Waals surface area contributed by atoms with Gasteiger partial charge >= 0.3 is 11.9 Å². The molecule has 0 aliphatic carbocycles. The lowest BCUT2D eigenvalue weighted by atomic mass is 9.75. The zero-order chi connectivity index (χ0) is 39.5. The number of hydrogen-bond acceptors (Lipinski definition) is 13. The van der Waals surface area contributed by atoms with E-state index in [9.17, 15) is 14.4 Å². The van der Waals surface area contributed by atoms with Gasteiger partial charge < -0.3 is 42.9 Å². The molecule has 3 unspecified atom stereocenters. The van der Waals surface area contributed by atoms with Gasteiger partial charge in [0, 0.05) is 18.8 Å². The van der Waals surface area contributed by atoms with E-state index in [1.54, 1.807) is 13.8 Å². The fourth-order valence-corrected chi connectivity index (χ4v) is 9.02. The number of likely N-dealkylation sites (N-methyl/N-ethyl adjacent to an activating group) is 1. The summed E-state index contributed by atoms with van der Waals surface area (Å²) >= 11 is 0. The summed E-state index contributed by atoms with van der Waals surface area (Å²) in [6.07, 6.45) is -3.41. The number of ether oxygens (including phenoxy) is 7. The second-order valence-electron chi connectivity index (χ2n) is 16.5. The molecule has 14 atom stereocenters. The Morgan fingerprint density at radius 1 is 1.00 bits per heavy atom. The Balaban J connectivity index is 1.61. The maximum Gasteiger partial charge on any atom is 0.311 e. The van der Waals surface area contributed by atoms with Gasteiger partial charge in [0.2, 0.25) is 0 Å². The van der Waals surface area contributed by atoms with Gasteiger partial charge in [-0.3, -0.25) is 14.4 Å². The summed E-state index contributed by atoms with van der Waals surface area (Å²) in [4.78, 5) is 48.5. The van der Waals surface area contributed by atoms with E-state index >= 15 is 0 Å². The normalized spacial score (nSPS) is 41.5. The summed E-state index contributed by atoms with van der Waals surface area (Å²) in [6.45, 7) is 16.9. The molecule has 0 spiro atoms. The van der Waals surface area contributed by atoms with Crippen LogP contribution in [0, 0.1) is 23.7 Å². The van der Waals surface area contributed by atoms with E-state index in [1.165, 1.54) is 6.92 Å². The fraction of sp³-hybridized carbons (Fsp3) is 0.756. The zero-order valence-corrected chi connectivity index (χ0v) is 33.9. The highest BCUT2D eigenvalue weighted by Crippen LogP contribution is 2.45. The Labute approximate surface area is 320 Å². The number of esters is 2. The van der Waals surface area contributed by atoms with Crippen molar-refractivity contribution in [2.24, 2.45) is 28.8 Å². The number of cyclic esters (lactones) is 1. The van der Waals surface area contributed by atoms with Gasteiger partial charge in [-0.1, -0.05) is 63.2 Å². The average Bonchev–Trinajstić information content (AvgIpc) is 3.38. The number of fused-ring (bicyclic) bond motifs is 5. The minimum absolute atomic E-state index is 0.0195. The third kappa shape index (κ3) is 9.02. The molecule has 13 heteroatoms. The maximum absolute atomic E-state index is 14.2. The molecule has 4 aliphatic heterocycles. The lowest BCUT2D eigenvalue weighted by Crippen LogP contribution is -2.60. The van der Waals surface area contributed by atoms with Crippen LogP contribution in [0.4, 0.5) is 0 Å². The van der Waals surface area contributed by atoms with Crippen molar-refractivity contribution in [1.82, 2.24) is 4.90 Å². The first-order chi connectivity index (χ1) is 25.5. The predicted molar refractivity (Wildman–Crippen MR) is 199 cm³/mol. The number of ketones is 1. The molecule has 0 saturated carbocycles. The van der Waals surface area contributed by atoms with Gasteiger partial charge in [-0.15, -0.1) is 0 Å². The molecule has 4 aliphatic rings. The van der Waals surface area contributed by atoms with Gasteiger partial charge in [0.15, 0.2) is 23.8 Å². The standard InChI is InChI=1S/C41H62N2O11/c1-12-32-41(9)36(45)25(4)33(54-41)23(2)19-40(8)37(53-39-35(51-28(7)44)31(43(10)11)18-24(3)50-39)26(5)34(27(6)38(46)52-32)47-21-30(22-48-40)42-49-20-29-16-14-13-15-17-29/h13-17,23-27,31-35,37,39H,12,18-22H2,1-11H3/b42-30+/t23-,24-,25?,26-,27-,31+,32-,33?,34+,35-,37-,39+,40-,41?/m1/s1. The largest absolute Gasteiger partial charge is 0.459 e. The SMILES string of the molecule is CC[C@H]1OC(=O)[C@H](C)[C@H]2OC/C(=N\OCc3ccccc3)CO[C@](C)(C[C@@H](C)C3OC1(C)C(=O)C3C)[C@H](O[C@@H]1O[C@H](C)C[C@H](N(C)C)[C@H]1OC(C)=O)[C@@H]2C. The second kappa shape index (κ2) is 17.5. The van der Waals surface area contributed by atoms with E-state index in [0.717, 1.165) is 5.56 Å². The predicted octanol–water partition coefficient (Wildman–Crippen LogP) is 5.11. The summed E-state index contributed by atoms with van der Waals surface area (Å²) in [5, 5.41) is 4.47. The van der Waals surface area contributed by atoms with Gasteiger partial charge in [0.05, 0.1) is 55.2 Å². The monoisotopic (exact) mass is 758 g/mol. The molecule has 0 aromatic heterocycles. The van der Waals surface area contributed by atoms with Crippen LogP contribution in [-0.4, -0.2) is 116 Å². The molecule has 5 rings (SSSR count). The number of nitrogens with zero attached hydrogens (tertiary/aromatic N) is 2. The third-order valence-corrected chi connectivity index (χ3v) is 11.9. The summed E-state index contributed by atoms with van der Waals surface area (Å²) in [7, 11) is 3.88. The highest BCUT2D eigenvalue weighted by Gasteiger charge is 2.59. The number of benzene rings is 1. The first-order valence-corrected chi connectivity index (χ1v) is 19.5. The Kier molecular flexibility index (Phi) is 13.7. The van der Waals surface area contributed by atoms with Crippen LogP contribution < -0.4 is 0 Å². The first-order valence-electron chi connectivity index (χ1n) is 19.5. The molecule has 0 radical (unpaired) electrons. The Morgan fingerprint density at radius 2 is 1.70 bits per heavy atom. The second-order valence-corrected chi connectivity index (χ2v) is 16.5. The van der Waals surface area contributed by atoms with Gasteiger partial charge in [-0.2, -0.15) is 0 Å². The minimum Gasteiger partial charge on any atom is -0.459 e. The summed E-state index contributed by atoms with van der Waals surface area (Å²) < 4.78 is 46.0. The van der Waals surface area contributed by atoms with Crippen molar-refractivity contribution >= 4 is 23.4 Å². The molecule has 4 fully saturated rings. The number of carbonyl (C=O) groups is 3. The molecular formula is C41H62N2O11. The van der Waals surface area contributed by atoms with Crippen LogP contribution in [0.15, 0.2) is 35.5 Å². The van der Waals surface area contributed by atoms with Crippen LogP contribution in [0.5, 0.6) is 0 Å². The number of hydrogen-bond donors (Lipinski definition) is 0. The molecule has 0 amide bonds. The van der Waals surface area contributed by atoms with Crippen molar-refractivity contribution in [3.63, 3.8) is 0 Å². The fourth-order valence-electron chi connectivity index (χ4n) is 9.02. The number of rotatable bonds is 8. The van der Waals surface area contributed by atoms with Crippen LogP contribution in [0.2, 0.25) is 0 Å². The van der Waals surface area contributed by atoms with E-state index in [4.69, 9.17) is 38.0 Å². The molecule has 4 bridgehead atoms. The van der Waals surface area contributed by atoms with Gasteiger partial charge in [0.1, 0.15) is 18.4 Å². The molecule has 13 nitrogen and oxygen atoms in total. The van der Waals surface area contributed by atoms with E-state index in [-0.39, 0.29) is 43.7 Å². The smallest absolute Gasteiger partial charge is 0.311 e. The van der Waals surface area contributed by atoms with Crippen molar-refractivity contribution in [1.29, 1.82) is 0 Å². The lowest BCUT2D eigenvalue weighted by Gasteiger charge is -2.48. The van der Waals surface area contributed by atoms with E-state index < -0.39 is 77.7 Å². The lowest BCUT2D eigenvalue weighted by molar-refractivity contribution is -0.305. The molecular weight excluding hydrogens is 696 g/mol. The van der Waals surface area contributed by atoms with E-state index in [1.807, 2.05) is 90.9 Å². The van der Waals surface area contributed by atoms with Crippen molar-refractivity contribution in [2.45, 2.75) is 148 Å². The number of oxime groups is 1. The number of carbonyl (C=O) groups excluding carboxylic acids is 3. The van der Waals surface area contributed by atoms with E-state index in [2.05, 4.69) is 5.16 Å². The van der Waals surface area contributed by atoms with E-state index in [0.29, 0.717) is 25.0 Å². The molecule has 1 aromatic rings. The van der Waals surface area contributed by atoms with Gasteiger partial charge in [-0.25, -0.2) is 0 Å². The summed E-state index contributed by atoms with van der Waals surface area (Å²) in [5.41, 5.74) is -0.975. The molecule has 0 N–H and O–H groups in total. The molecule has 54 heavy (non-hydrogen) atoms. The van der Waals surface area contributed by atoms with Crippen LogP contribution in [-0.2, 0) is 59.0 Å². The van der Waals surface area contributed by atoms with Gasteiger partial charge in [0.25, 0.3) is 0 Å². The quantitative estimate of drug-likeness (QED) is 0.257. The minimum atomic E-state index is -1.32. The summed E-state index contributed by atoms with van der Waals surface area (Å²) in [6, 6.07) is 9.52. The van der Waals surface area contributed by atoms with Crippen LogP contribution in [0.25, 0.3) is 0 Å². The van der Waals surface area contributed by atoms with Crippen molar-refractivity contribution < 1.29 is 52.4 Å². The summed E-state index contributed by atoms with van der Waals surface area (Å²) in [5.74, 6) is -3.08. The maximum atomic E-state index is 14.2. The first kappa shape index (κ1) is 42.2. The van der Waals surface area contributed by atoms with Gasteiger partial charge in [-0.05, 0) is 72.5 Å². The van der Waals surface area contributed by atoms with Crippen molar-refractivity contribution in [3.8, 4) is 0 Å². The van der Waals surface area contributed by atoms with Crippen molar-refractivity contribution in [3.05, 3.63) is 35.9 Å². The highest BCUT2D eigenvalue weighted by atomic mass is 16.7. The highest BCUT2D eigenvalue weighted by molar-refractivity contribution is 5.92. The van der Waals surface area contributed by atoms with Crippen LogP contribution >= 0.6 is 0 Å². The third-order valence-electron chi connectivity index (χ3n) is 11.9. The number of Topliss-reactive ketones (excluding diaryl/α,β-unsaturated/α-hetero) is 1. The Bertz CT molecular complexity index is 1490. The van der Waals surface area contributed by atoms with Crippen molar-refractivity contribution in [2.75, 3.05) is 27.3 Å². The Hall–Kier alpha value is -2.94. The molecule has 4 saturated heterocycles. The molecule has 1 aromatic carbocycles. The average molecular weight is 759 g/mol. The topological polar surface area (TPSA) is 141 Å². The zero-order valence-electron chi connectivity index (χ0n) is 33.9. The molecule has 4 heterocycles.